The van der Waals surface area contributed by atoms with Crippen molar-refractivity contribution in [3.63, 3.8) is 0 Å². The quantitative estimate of drug-likeness (QED) is 0.812. The maximum atomic E-state index is 12.3. The van der Waals surface area contributed by atoms with Crippen LogP contribution in [0.25, 0.3) is 0 Å². The fourth-order valence-electron chi connectivity index (χ4n) is 3.38. The number of urea groups is 1. The summed E-state index contributed by atoms with van der Waals surface area (Å²) in [5.41, 5.74) is 1.25. The van der Waals surface area contributed by atoms with Crippen LogP contribution in [-0.2, 0) is 9.59 Å². The van der Waals surface area contributed by atoms with Crippen molar-refractivity contribution >= 4 is 17.9 Å². The molecule has 3 atom stereocenters. The zero-order valence-electron chi connectivity index (χ0n) is 14.2. The smallest absolute Gasteiger partial charge is 0.317 e. The highest BCUT2D eigenvalue weighted by atomic mass is 16.4. The van der Waals surface area contributed by atoms with Crippen LogP contribution in [0.4, 0.5) is 4.79 Å². The van der Waals surface area contributed by atoms with E-state index in [-0.39, 0.29) is 37.0 Å². The number of carboxylic acid groups (broad SMARTS) is 1. The Hall–Kier alpha value is -2.57. The Kier molecular flexibility index (Phi) is 4.92. The van der Waals surface area contributed by atoms with Crippen LogP contribution in [0, 0.1) is 0 Å². The molecule has 25 heavy (non-hydrogen) atoms. The first kappa shape index (κ1) is 17.3. The minimum atomic E-state index is -0.942. The van der Waals surface area contributed by atoms with Crippen molar-refractivity contribution in [1.29, 1.82) is 0 Å². The van der Waals surface area contributed by atoms with E-state index < -0.39 is 5.97 Å². The summed E-state index contributed by atoms with van der Waals surface area (Å²) in [6.07, 6.45) is 1.17. The molecule has 2 N–H and O–H groups in total. The van der Waals surface area contributed by atoms with Gasteiger partial charge >= 0.3 is 12.0 Å². The number of carbonyl (C=O) groups excluding carboxylic acids is 2. The molecule has 1 aliphatic heterocycles. The number of nitrogens with zero attached hydrogens (tertiary/aromatic N) is 2. The van der Waals surface area contributed by atoms with Crippen molar-refractivity contribution < 1.29 is 19.5 Å². The third kappa shape index (κ3) is 4.10. The highest BCUT2D eigenvalue weighted by Gasteiger charge is 2.48. The second-order valence-electron chi connectivity index (χ2n) is 6.78. The Labute approximate surface area is 146 Å². The molecular formula is C18H23N3O4. The van der Waals surface area contributed by atoms with Crippen LogP contribution in [0.2, 0.25) is 0 Å². The topological polar surface area (TPSA) is 90.0 Å². The number of hydrogen-bond acceptors (Lipinski definition) is 3. The molecular weight excluding hydrogens is 322 g/mol. The average Bonchev–Trinajstić information content (AvgIpc) is 3.30. The molecule has 0 spiro atoms. The van der Waals surface area contributed by atoms with Crippen molar-refractivity contribution in [2.45, 2.75) is 37.3 Å². The van der Waals surface area contributed by atoms with E-state index in [1.165, 1.54) is 10.5 Å². The molecule has 0 bridgehead atoms. The van der Waals surface area contributed by atoms with Crippen LogP contribution in [0.1, 0.15) is 30.7 Å². The van der Waals surface area contributed by atoms with Gasteiger partial charge in [0.25, 0.3) is 0 Å². The number of nitrogens with one attached hydrogen (secondary N) is 1. The molecule has 7 nitrogen and oxygen atoms in total. The van der Waals surface area contributed by atoms with Crippen LogP contribution >= 0.6 is 0 Å². The summed E-state index contributed by atoms with van der Waals surface area (Å²) >= 11 is 0. The Morgan fingerprint density at radius 3 is 2.72 bits per heavy atom. The molecule has 1 heterocycles. The highest BCUT2D eigenvalue weighted by Crippen LogP contribution is 2.45. The van der Waals surface area contributed by atoms with Crippen LogP contribution in [0.15, 0.2) is 30.3 Å². The van der Waals surface area contributed by atoms with E-state index in [4.69, 9.17) is 5.11 Å². The number of amides is 3. The van der Waals surface area contributed by atoms with Crippen molar-refractivity contribution in [3.05, 3.63) is 35.9 Å². The Morgan fingerprint density at radius 1 is 1.32 bits per heavy atom. The van der Waals surface area contributed by atoms with Gasteiger partial charge in [-0.1, -0.05) is 30.3 Å². The Balaban J connectivity index is 1.50. The van der Waals surface area contributed by atoms with Gasteiger partial charge in [0.1, 0.15) is 0 Å². The van der Waals surface area contributed by atoms with Crippen molar-refractivity contribution in [2.75, 3.05) is 20.1 Å². The summed E-state index contributed by atoms with van der Waals surface area (Å²) in [6, 6.07) is 9.83. The predicted octanol–water partition coefficient (Wildman–Crippen LogP) is 1.26. The van der Waals surface area contributed by atoms with Gasteiger partial charge < -0.3 is 20.2 Å². The van der Waals surface area contributed by atoms with Gasteiger partial charge in [0, 0.05) is 38.5 Å². The molecule has 1 aromatic carbocycles. The third-order valence-electron chi connectivity index (χ3n) is 4.88. The second kappa shape index (κ2) is 7.13. The van der Waals surface area contributed by atoms with Crippen LogP contribution in [0.3, 0.4) is 0 Å². The van der Waals surface area contributed by atoms with Gasteiger partial charge in [-0.3, -0.25) is 9.59 Å². The lowest BCUT2D eigenvalue weighted by Gasteiger charge is -2.21. The number of aliphatic carboxylic acids is 1. The molecule has 1 saturated heterocycles. The molecule has 0 radical (unpaired) electrons. The summed E-state index contributed by atoms with van der Waals surface area (Å²) in [7, 11) is 1.55. The summed E-state index contributed by atoms with van der Waals surface area (Å²) in [5, 5.41) is 11.5. The molecule has 3 rings (SSSR count). The lowest BCUT2D eigenvalue weighted by atomic mass is 10.1. The van der Waals surface area contributed by atoms with Gasteiger partial charge in [0.05, 0.1) is 12.5 Å². The number of carboxylic acids is 1. The van der Waals surface area contributed by atoms with Crippen molar-refractivity contribution in [3.8, 4) is 0 Å². The van der Waals surface area contributed by atoms with Gasteiger partial charge in [0.2, 0.25) is 5.91 Å². The zero-order chi connectivity index (χ0) is 18.0. The SMILES string of the molecule is CN(CCC(=O)O)C(=O)NC1CC(=O)N(C2CC2c2ccccc2)C1. The van der Waals surface area contributed by atoms with Crippen molar-refractivity contribution in [2.24, 2.45) is 0 Å². The van der Waals surface area contributed by atoms with Gasteiger partial charge in [0.15, 0.2) is 0 Å². The summed E-state index contributed by atoms with van der Waals surface area (Å²) in [5.74, 6) is -0.484. The van der Waals surface area contributed by atoms with Gasteiger partial charge in [-0.25, -0.2) is 4.79 Å². The van der Waals surface area contributed by atoms with Gasteiger partial charge in [-0.15, -0.1) is 0 Å². The molecule has 1 saturated carbocycles. The number of rotatable bonds is 6. The van der Waals surface area contributed by atoms with Crippen LogP contribution < -0.4 is 5.32 Å². The van der Waals surface area contributed by atoms with E-state index >= 15 is 0 Å². The zero-order valence-corrected chi connectivity index (χ0v) is 14.2. The van der Waals surface area contributed by atoms with E-state index in [0.717, 1.165) is 6.42 Å². The standard InChI is InChI=1S/C18H23N3O4/c1-20(8-7-17(23)24)18(25)19-13-9-16(22)21(11-13)15-10-14(15)12-5-3-2-4-6-12/h2-6,13-15H,7-11H2,1H3,(H,19,25)(H,23,24). The monoisotopic (exact) mass is 345 g/mol. The normalized spacial score (nSPS) is 24.9. The number of hydrogen-bond donors (Lipinski definition) is 2. The first-order valence-corrected chi connectivity index (χ1v) is 8.53. The van der Waals surface area contributed by atoms with Gasteiger partial charge in [-0.2, -0.15) is 0 Å². The molecule has 2 fully saturated rings. The van der Waals surface area contributed by atoms with E-state index in [1.54, 1.807) is 7.05 Å². The summed E-state index contributed by atoms with van der Waals surface area (Å²) < 4.78 is 0. The Bertz CT molecular complexity index is 664. The first-order valence-electron chi connectivity index (χ1n) is 8.53. The summed E-state index contributed by atoms with van der Waals surface area (Å²) in [6.45, 7) is 0.662. The van der Waals surface area contributed by atoms with Crippen molar-refractivity contribution in [1.82, 2.24) is 15.1 Å². The predicted molar refractivity (Wildman–Crippen MR) is 91.1 cm³/mol. The molecule has 1 aromatic rings. The second-order valence-corrected chi connectivity index (χ2v) is 6.78. The Morgan fingerprint density at radius 2 is 2.04 bits per heavy atom. The van der Waals surface area contributed by atoms with Crippen LogP contribution in [0.5, 0.6) is 0 Å². The average molecular weight is 345 g/mol. The van der Waals surface area contributed by atoms with E-state index in [2.05, 4.69) is 17.4 Å². The van der Waals surface area contributed by atoms with E-state index in [9.17, 15) is 14.4 Å². The molecule has 1 aliphatic carbocycles. The van der Waals surface area contributed by atoms with E-state index in [0.29, 0.717) is 18.9 Å². The maximum absolute atomic E-state index is 12.3. The molecule has 2 aliphatic rings. The third-order valence-corrected chi connectivity index (χ3v) is 4.88. The molecule has 7 heteroatoms. The first-order chi connectivity index (χ1) is 12.0. The number of benzene rings is 1. The maximum Gasteiger partial charge on any atom is 0.317 e. The highest BCUT2D eigenvalue weighted by molar-refractivity contribution is 5.82. The van der Waals surface area contributed by atoms with E-state index in [1.807, 2.05) is 23.1 Å². The minimum absolute atomic E-state index is 0.0712. The molecule has 3 amide bonds. The number of carbonyl (C=O) groups is 3. The minimum Gasteiger partial charge on any atom is -0.481 e. The molecule has 134 valence electrons. The summed E-state index contributed by atoms with van der Waals surface area (Å²) in [4.78, 5) is 38.2. The molecule has 3 unspecified atom stereocenters. The largest absolute Gasteiger partial charge is 0.481 e. The lowest BCUT2D eigenvalue weighted by molar-refractivity contribution is -0.137. The fraction of sp³-hybridized carbons (Fsp3) is 0.500. The fourth-order valence-corrected chi connectivity index (χ4v) is 3.38. The van der Waals surface area contributed by atoms with Crippen LogP contribution in [-0.4, -0.2) is 65.0 Å². The molecule has 0 aromatic heterocycles. The van der Waals surface area contributed by atoms with Gasteiger partial charge in [-0.05, 0) is 12.0 Å². The lowest BCUT2D eigenvalue weighted by Crippen LogP contribution is -2.45. The number of likely N-dealkylation sites (tertiary alicyclic amines) is 1.